The summed E-state index contributed by atoms with van der Waals surface area (Å²) in [6.45, 7) is 0. The maximum Gasteiger partial charge on any atom is 0.416 e. The van der Waals surface area contributed by atoms with Crippen molar-refractivity contribution in [1.82, 2.24) is 0 Å². The van der Waals surface area contributed by atoms with Crippen molar-refractivity contribution >= 4 is 18.3 Å². The Morgan fingerprint density at radius 2 is 1.22 bits per heavy atom. The number of alkyl halides is 6. The van der Waals surface area contributed by atoms with Crippen LogP contribution in [0.4, 0.5) is 26.3 Å². The number of rotatable bonds is 1. The molecular formula is C9H6ClF6NO. The first-order valence-corrected chi connectivity index (χ1v) is 4.11. The molecule has 0 atom stereocenters. The summed E-state index contributed by atoms with van der Waals surface area (Å²) >= 11 is 0. The van der Waals surface area contributed by atoms with Crippen molar-refractivity contribution in [3.8, 4) is 0 Å². The summed E-state index contributed by atoms with van der Waals surface area (Å²) in [5, 5.41) is 0. The van der Waals surface area contributed by atoms with Gasteiger partial charge in [-0.15, -0.1) is 12.4 Å². The smallest absolute Gasteiger partial charge is 0.366 e. The number of nitrogens with two attached hydrogens (primary N) is 1. The number of amides is 1. The van der Waals surface area contributed by atoms with Crippen LogP contribution in [0, 0.1) is 0 Å². The number of hydrogen-bond donors (Lipinski definition) is 1. The number of halogens is 7. The van der Waals surface area contributed by atoms with Crippen molar-refractivity contribution in [2.75, 3.05) is 0 Å². The Morgan fingerprint density at radius 3 is 1.44 bits per heavy atom. The minimum absolute atomic E-state index is 0. The van der Waals surface area contributed by atoms with E-state index in [9.17, 15) is 31.1 Å². The molecule has 0 heterocycles. The summed E-state index contributed by atoms with van der Waals surface area (Å²) in [7, 11) is 0. The van der Waals surface area contributed by atoms with Crippen LogP contribution in [0.25, 0.3) is 0 Å². The second-order valence-electron chi connectivity index (χ2n) is 3.16. The Balaban J connectivity index is 0.00000289. The molecule has 0 aliphatic carbocycles. The van der Waals surface area contributed by atoms with Crippen molar-refractivity contribution in [1.29, 1.82) is 0 Å². The van der Waals surface area contributed by atoms with Crippen LogP contribution in [-0.2, 0) is 12.4 Å². The number of hydrogen-bond acceptors (Lipinski definition) is 1. The minimum atomic E-state index is -4.98. The predicted molar refractivity (Wildman–Crippen MR) is 52.2 cm³/mol. The molecule has 1 rings (SSSR count). The van der Waals surface area contributed by atoms with E-state index in [4.69, 9.17) is 0 Å². The maximum absolute atomic E-state index is 12.3. The molecule has 2 nitrogen and oxygen atoms in total. The van der Waals surface area contributed by atoms with Gasteiger partial charge >= 0.3 is 12.4 Å². The normalized spacial score (nSPS) is 11.9. The van der Waals surface area contributed by atoms with Crippen LogP contribution in [0.5, 0.6) is 0 Å². The molecule has 1 amide bonds. The second kappa shape index (κ2) is 5.05. The van der Waals surface area contributed by atoms with Crippen LogP contribution in [-0.4, -0.2) is 5.91 Å². The third-order valence-electron chi connectivity index (χ3n) is 1.87. The Hall–Kier alpha value is -1.44. The van der Waals surface area contributed by atoms with Gasteiger partial charge < -0.3 is 5.73 Å². The highest BCUT2D eigenvalue weighted by Gasteiger charge is 2.37. The first kappa shape index (κ1) is 16.6. The molecule has 0 aliphatic heterocycles. The van der Waals surface area contributed by atoms with Gasteiger partial charge in [0.25, 0.3) is 0 Å². The fraction of sp³-hybridized carbons (Fsp3) is 0.222. The third kappa shape index (κ3) is 3.80. The van der Waals surface area contributed by atoms with Gasteiger partial charge in [-0.1, -0.05) is 0 Å². The van der Waals surface area contributed by atoms with Crippen LogP contribution in [0.1, 0.15) is 21.5 Å². The molecule has 0 spiro atoms. The van der Waals surface area contributed by atoms with E-state index in [-0.39, 0.29) is 30.6 Å². The molecular weight excluding hydrogens is 288 g/mol. The predicted octanol–water partition coefficient (Wildman–Crippen LogP) is 3.24. The molecule has 1 aromatic carbocycles. The van der Waals surface area contributed by atoms with Gasteiger partial charge in [-0.05, 0) is 18.2 Å². The lowest BCUT2D eigenvalue weighted by Gasteiger charge is -2.12. The van der Waals surface area contributed by atoms with E-state index in [0.717, 1.165) is 0 Å². The average molecular weight is 294 g/mol. The molecule has 2 N–H and O–H groups in total. The Kier molecular flexibility index (Phi) is 4.65. The third-order valence-corrected chi connectivity index (χ3v) is 1.87. The highest BCUT2D eigenvalue weighted by molar-refractivity contribution is 5.93. The fourth-order valence-electron chi connectivity index (χ4n) is 1.10. The molecule has 0 radical (unpaired) electrons. The van der Waals surface area contributed by atoms with E-state index < -0.39 is 35.0 Å². The zero-order chi connectivity index (χ0) is 13.4. The van der Waals surface area contributed by atoms with Crippen molar-refractivity contribution in [3.05, 3.63) is 34.9 Å². The van der Waals surface area contributed by atoms with Crippen LogP contribution in [0.3, 0.4) is 0 Å². The van der Waals surface area contributed by atoms with Gasteiger partial charge in [0.05, 0.1) is 11.1 Å². The van der Waals surface area contributed by atoms with Gasteiger partial charge in [-0.25, -0.2) is 0 Å². The topological polar surface area (TPSA) is 43.1 Å². The first-order chi connectivity index (χ1) is 7.51. The summed E-state index contributed by atoms with van der Waals surface area (Å²) in [6.07, 6.45) is -9.96. The molecule has 9 heteroatoms. The molecule has 0 aliphatic rings. The highest BCUT2D eigenvalue weighted by atomic mass is 35.5. The summed E-state index contributed by atoms with van der Waals surface area (Å²) in [4.78, 5) is 10.6. The van der Waals surface area contributed by atoms with Crippen LogP contribution < -0.4 is 5.73 Å². The fourth-order valence-corrected chi connectivity index (χ4v) is 1.10. The number of carbonyl (C=O) groups excluding carboxylic acids is 1. The summed E-state index contributed by atoms with van der Waals surface area (Å²) < 4.78 is 73.7. The summed E-state index contributed by atoms with van der Waals surface area (Å²) in [5.41, 5.74) is 0.687. The molecule has 0 saturated heterocycles. The lowest BCUT2D eigenvalue weighted by atomic mass is 10.0. The lowest BCUT2D eigenvalue weighted by Crippen LogP contribution is -2.17. The van der Waals surface area contributed by atoms with Crippen LogP contribution in [0.2, 0.25) is 0 Å². The zero-order valence-corrected chi connectivity index (χ0v) is 9.21. The highest BCUT2D eigenvalue weighted by Crippen LogP contribution is 2.36. The average Bonchev–Trinajstić information content (AvgIpc) is 2.14. The van der Waals surface area contributed by atoms with Gasteiger partial charge in [0.2, 0.25) is 5.91 Å². The van der Waals surface area contributed by atoms with E-state index in [2.05, 4.69) is 5.73 Å². The zero-order valence-electron chi connectivity index (χ0n) is 8.39. The largest absolute Gasteiger partial charge is 0.416 e. The second-order valence-corrected chi connectivity index (χ2v) is 3.16. The molecule has 1 aromatic rings. The molecule has 0 saturated carbocycles. The number of primary amides is 1. The monoisotopic (exact) mass is 293 g/mol. The van der Waals surface area contributed by atoms with E-state index in [1.165, 1.54) is 0 Å². The van der Waals surface area contributed by atoms with E-state index in [0.29, 0.717) is 0 Å². The van der Waals surface area contributed by atoms with Gasteiger partial charge in [0.1, 0.15) is 0 Å². The van der Waals surface area contributed by atoms with E-state index >= 15 is 0 Å². The number of carbonyl (C=O) groups is 1. The molecule has 0 unspecified atom stereocenters. The Labute approximate surface area is 103 Å². The SMILES string of the molecule is Cl.NC(=O)c1cc(C(F)(F)F)cc(C(F)(F)F)c1. The molecule has 102 valence electrons. The van der Waals surface area contributed by atoms with Crippen LogP contribution in [0.15, 0.2) is 18.2 Å². The molecule has 18 heavy (non-hydrogen) atoms. The lowest BCUT2D eigenvalue weighted by molar-refractivity contribution is -0.143. The summed E-state index contributed by atoms with van der Waals surface area (Å²) in [5.74, 6) is -1.36. The van der Waals surface area contributed by atoms with Gasteiger partial charge in [0, 0.05) is 5.56 Å². The minimum Gasteiger partial charge on any atom is -0.366 e. The van der Waals surface area contributed by atoms with Gasteiger partial charge in [-0.2, -0.15) is 26.3 Å². The Bertz CT molecular complexity index is 421. The van der Waals surface area contributed by atoms with Crippen molar-refractivity contribution < 1.29 is 31.1 Å². The van der Waals surface area contributed by atoms with Crippen LogP contribution >= 0.6 is 12.4 Å². The maximum atomic E-state index is 12.3. The van der Waals surface area contributed by atoms with Crippen molar-refractivity contribution in [3.63, 3.8) is 0 Å². The van der Waals surface area contributed by atoms with Crippen molar-refractivity contribution in [2.45, 2.75) is 12.4 Å². The molecule has 0 aromatic heterocycles. The first-order valence-electron chi connectivity index (χ1n) is 4.11. The standard InChI is InChI=1S/C9H5F6NO.ClH/c10-8(11,12)5-1-4(7(16)17)2-6(3-5)9(13,14)15;/h1-3H,(H2,16,17);1H. The van der Waals surface area contributed by atoms with E-state index in [1.807, 2.05) is 0 Å². The quantitative estimate of drug-likeness (QED) is 0.794. The summed E-state index contributed by atoms with van der Waals surface area (Å²) in [6, 6.07) is 0.474. The van der Waals surface area contributed by atoms with E-state index in [1.54, 1.807) is 0 Å². The Morgan fingerprint density at radius 1 is 0.889 bits per heavy atom. The number of benzene rings is 1. The van der Waals surface area contributed by atoms with Gasteiger partial charge in [0.15, 0.2) is 0 Å². The van der Waals surface area contributed by atoms with Crippen molar-refractivity contribution in [2.24, 2.45) is 5.73 Å². The molecule has 0 fully saturated rings. The van der Waals surface area contributed by atoms with Gasteiger partial charge in [-0.3, -0.25) is 4.79 Å². The molecule has 0 bridgehead atoms.